The maximum Gasteiger partial charge on any atom is 0.305 e. The molecule has 140 valence electrons. The number of aliphatic carboxylic acids is 2. The Hall–Kier alpha value is -2.12. The van der Waals surface area contributed by atoms with Crippen LogP contribution in [0.2, 0.25) is 0 Å². The highest BCUT2D eigenvalue weighted by Crippen LogP contribution is 1.98. The lowest BCUT2D eigenvalue weighted by molar-refractivity contribution is -0.145. The molecule has 0 aromatic heterocycles. The maximum absolute atomic E-state index is 10.8. The van der Waals surface area contributed by atoms with Crippen molar-refractivity contribution in [1.29, 1.82) is 0 Å². The molecule has 0 aromatic rings. The third-order valence-electron chi connectivity index (χ3n) is 2.48. The minimum atomic E-state index is -0.877. The van der Waals surface area contributed by atoms with Crippen molar-refractivity contribution >= 4 is 23.9 Å². The normalized spacial score (nSPS) is 9.42. The number of carboxylic acid groups (broad SMARTS) is 2. The van der Waals surface area contributed by atoms with Crippen molar-refractivity contribution in [2.24, 2.45) is 0 Å². The zero-order valence-corrected chi connectivity index (χ0v) is 14.4. The van der Waals surface area contributed by atoms with Gasteiger partial charge in [0.15, 0.2) is 0 Å². The average molecular weight is 348 g/mol. The molecule has 0 spiro atoms. The molecule has 8 nitrogen and oxygen atoms in total. The van der Waals surface area contributed by atoms with E-state index in [-0.39, 0.29) is 37.6 Å². The molecule has 0 bridgehead atoms. The minimum absolute atomic E-state index is 0.0290. The van der Waals surface area contributed by atoms with Gasteiger partial charge in [-0.1, -0.05) is 13.8 Å². The molecule has 2 N–H and O–H groups in total. The van der Waals surface area contributed by atoms with Crippen molar-refractivity contribution in [3.05, 3.63) is 0 Å². The number of carbonyl (C=O) groups excluding carboxylic acids is 2. The molecule has 0 amide bonds. The summed E-state index contributed by atoms with van der Waals surface area (Å²) < 4.78 is 9.48. The fourth-order valence-corrected chi connectivity index (χ4v) is 1.34. The number of carbonyl (C=O) groups is 4. The summed E-state index contributed by atoms with van der Waals surface area (Å²) in [7, 11) is 0. The zero-order chi connectivity index (χ0) is 18.8. The number of rotatable bonds is 12. The summed E-state index contributed by atoms with van der Waals surface area (Å²) in [5.74, 6) is -2.37. The van der Waals surface area contributed by atoms with Crippen molar-refractivity contribution in [2.45, 2.75) is 65.2 Å². The Labute approximate surface area is 142 Å². The molecule has 24 heavy (non-hydrogen) atoms. The Kier molecular flexibility index (Phi) is 17.3. The average Bonchev–Trinajstić information content (AvgIpc) is 2.50. The van der Waals surface area contributed by atoms with E-state index < -0.39 is 11.9 Å². The van der Waals surface area contributed by atoms with E-state index in [1.54, 1.807) is 0 Å². The van der Waals surface area contributed by atoms with Crippen molar-refractivity contribution in [3.63, 3.8) is 0 Å². The van der Waals surface area contributed by atoms with Crippen molar-refractivity contribution in [2.75, 3.05) is 13.2 Å². The van der Waals surface area contributed by atoms with Crippen LogP contribution in [0.3, 0.4) is 0 Å². The molecule has 0 aromatic carbocycles. The highest BCUT2D eigenvalue weighted by molar-refractivity contribution is 5.72. The van der Waals surface area contributed by atoms with Gasteiger partial charge in [-0.3, -0.25) is 19.2 Å². The van der Waals surface area contributed by atoms with Gasteiger partial charge in [0, 0.05) is 25.7 Å². The molecule has 0 unspecified atom stereocenters. The minimum Gasteiger partial charge on any atom is -0.481 e. The summed E-state index contributed by atoms with van der Waals surface area (Å²) in [4.78, 5) is 41.6. The predicted octanol–water partition coefficient (Wildman–Crippen LogP) is 2.39. The molecule has 0 radical (unpaired) electrons. The van der Waals surface area contributed by atoms with E-state index in [0.29, 0.717) is 26.1 Å². The van der Waals surface area contributed by atoms with E-state index in [9.17, 15) is 19.2 Å². The van der Waals surface area contributed by atoms with Crippen LogP contribution in [0.1, 0.15) is 65.2 Å². The SMILES string of the molecule is CCCOC(=O)CCCC(=O)O.CCCOC(=O)CCCC(=O)O. The van der Waals surface area contributed by atoms with Gasteiger partial charge in [0.05, 0.1) is 13.2 Å². The van der Waals surface area contributed by atoms with Crippen LogP contribution in [0.15, 0.2) is 0 Å². The van der Waals surface area contributed by atoms with Crippen molar-refractivity contribution in [1.82, 2.24) is 0 Å². The van der Waals surface area contributed by atoms with E-state index in [1.165, 1.54) is 0 Å². The smallest absolute Gasteiger partial charge is 0.305 e. The van der Waals surface area contributed by atoms with Gasteiger partial charge in [-0.15, -0.1) is 0 Å². The molecular weight excluding hydrogens is 320 g/mol. The fourth-order valence-electron chi connectivity index (χ4n) is 1.34. The van der Waals surface area contributed by atoms with Gasteiger partial charge in [-0.2, -0.15) is 0 Å². The van der Waals surface area contributed by atoms with E-state index in [2.05, 4.69) is 0 Å². The first-order chi connectivity index (χ1) is 11.3. The van der Waals surface area contributed by atoms with Crippen molar-refractivity contribution < 1.29 is 38.9 Å². The molecule has 0 atom stereocenters. The van der Waals surface area contributed by atoms with Crippen LogP contribution in [0.25, 0.3) is 0 Å². The van der Waals surface area contributed by atoms with Crippen LogP contribution in [-0.2, 0) is 28.7 Å². The number of esters is 2. The second-order valence-corrected chi connectivity index (χ2v) is 4.94. The molecule has 0 heterocycles. The number of hydrogen-bond acceptors (Lipinski definition) is 6. The third-order valence-corrected chi connectivity index (χ3v) is 2.48. The van der Waals surface area contributed by atoms with Gasteiger partial charge < -0.3 is 19.7 Å². The summed E-state index contributed by atoms with van der Waals surface area (Å²) in [6.45, 7) is 4.66. The first kappa shape index (κ1) is 24.1. The summed E-state index contributed by atoms with van der Waals surface area (Å²) >= 11 is 0. The van der Waals surface area contributed by atoms with Crippen LogP contribution in [0, 0.1) is 0 Å². The third kappa shape index (κ3) is 22.2. The molecule has 8 heteroatoms. The Morgan fingerprint density at radius 2 is 1.00 bits per heavy atom. The number of carboxylic acids is 2. The van der Waals surface area contributed by atoms with Gasteiger partial charge in [0.2, 0.25) is 0 Å². The monoisotopic (exact) mass is 348 g/mol. The van der Waals surface area contributed by atoms with Crippen LogP contribution in [0.5, 0.6) is 0 Å². The molecule has 0 aliphatic rings. The summed E-state index contributed by atoms with van der Waals surface area (Å²) in [6.07, 6.45) is 2.77. The number of ether oxygens (including phenoxy) is 2. The quantitative estimate of drug-likeness (QED) is 0.515. The Morgan fingerprint density at radius 1 is 0.667 bits per heavy atom. The lowest BCUT2D eigenvalue weighted by Gasteiger charge is -2.00. The molecule has 0 saturated carbocycles. The largest absolute Gasteiger partial charge is 0.481 e. The first-order valence-electron chi connectivity index (χ1n) is 8.08. The lowest BCUT2D eigenvalue weighted by atomic mass is 10.2. The summed E-state index contributed by atoms with van der Waals surface area (Å²) in [5, 5.41) is 16.5. The van der Waals surface area contributed by atoms with E-state index >= 15 is 0 Å². The first-order valence-corrected chi connectivity index (χ1v) is 8.08. The van der Waals surface area contributed by atoms with Gasteiger partial charge in [0.1, 0.15) is 0 Å². The van der Waals surface area contributed by atoms with Crippen LogP contribution < -0.4 is 0 Å². The fraction of sp³-hybridized carbons (Fsp3) is 0.750. The highest BCUT2D eigenvalue weighted by Gasteiger charge is 2.04. The number of hydrogen-bond donors (Lipinski definition) is 2. The Bertz CT molecular complexity index is 342. The van der Waals surface area contributed by atoms with Gasteiger partial charge in [-0.05, 0) is 25.7 Å². The lowest BCUT2D eigenvalue weighted by Crippen LogP contribution is -2.06. The maximum atomic E-state index is 10.8. The Morgan fingerprint density at radius 3 is 1.25 bits per heavy atom. The summed E-state index contributed by atoms with van der Waals surface area (Å²) in [6, 6.07) is 0. The molecular formula is C16H28O8. The van der Waals surface area contributed by atoms with Gasteiger partial charge in [0.25, 0.3) is 0 Å². The van der Waals surface area contributed by atoms with Crippen LogP contribution in [-0.4, -0.2) is 47.3 Å². The molecule has 0 aliphatic heterocycles. The van der Waals surface area contributed by atoms with Crippen LogP contribution >= 0.6 is 0 Å². The molecule has 0 saturated heterocycles. The molecule has 0 fully saturated rings. The highest BCUT2D eigenvalue weighted by atomic mass is 16.5. The molecule has 0 aliphatic carbocycles. The topological polar surface area (TPSA) is 127 Å². The second-order valence-electron chi connectivity index (χ2n) is 4.94. The predicted molar refractivity (Wildman–Crippen MR) is 85.5 cm³/mol. The van der Waals surface area contributed by atoms with Gasteiger partial charge >= 0.3 is 23.9 Å². The van der Waals surface area contributed by atoms with Crippen molar-refractivity contribution in [3.8, 4) is 0 Å². The summed E-state index contributed by atoms with van der Waals surface area (Å²) in [5.41, 5.74) is 0. The van der Waals surface area contributed by atoms with E-state index in [4.69, 9.17) is 19.7 Å². The van der Waals surface area contributed by atoms with E-state index in [0.717, 1.165) is 12.8 Å². The van der Waals surface area contributed by atoms with E-state index in [1.807, 2.05) is 13.8 Å². The van der Waals surface area contributed by atoms with Crippen LogP contribution in [0.4, 0.5) is 0 Å². The zero-order valence-electron chi connectivity index (χ0n) is 14.4. The molecule has 0 rings (SSSR count). The van der Waals surface area contributed by atoms with Gasteiger partial charge in [-0.25, -0.2) is 0 Å². The Balaban J connectivity index is 0. The standard InChI is InChI=1S/2C8H14O4/c2*1-2-6-12-8(11)5-3-4-7(9)10/h2*2-6H2,1H3,(H,9,10). The second kappa shape index (κ2) is 17.2.